The highest BCUT2D eigenvalue weighted by Gasteiger charge is 2.23. The van der Waals surface area contributed by atoms with Gasteiger partial charge in [0, 0.05) is 19.4 Å². The summed E-state index contributed by atoms with van der Waals surface area (Å²) in [5.74, 6) is -1.06. The molecule has 0 bridgehead atoms. The number of halogens is 1. The Morgan fingerprint density at radius 2 is 1.61 bits per heavy atom. The summed E-state index contributed by atoms with van der Waals surface area (Å²) in [4.78, 5) is 26.9. The van der Waals surface area contributed by atoms with Gasteiger partial charge in [-0.1, -0.05) is 48.9 Å². The Bertz CT molecular complexity index is 788. The number of nitrogens with one attached hydrogen (secondary N) is 1. The highest BCUT2D eigenvalue weighted by Crippen LogP contribution is 2.24. The SMILES string of the molecule is O=C(CCC(=O)c1ccccc1F)NCC(c1ccccc1)N1CCCCC1. The summed E-state index contributed by atoms with van der Waals surface area (Å²) in [5.41, 5.74) is 1.23. The lowest BCUT2D eigenvalue weighted by Crippen LogP contribution is -2.40. The number of likely N-dealkylation sites (tertiary alicyclic amines) is 1. The van der Waals surface area contributed by atoms with Gasteiger partial charge in [-0.2, -0.15) is 0 Å². The molecule has 1 atom stereocenters. The van der Waals surface area contributed by atoms with Gasteiger partial charge in [0.1, 0.15) is 5.82 Å². The molecule has 28 heavy (non-hydrogen) atoms. The third-order valence-corrected chi connectivity index (χ3v) is 5.26. The van der Waals surface area contributed by atoms with Crippen LogP contribution in [0.2, 0.25) is 0 Å². The van der Waals surface area contributed by atoms with Gasteiger partial charge in [0.05, 0.1) is 11.6 Å². The van der Waals surface area contributed by atoms with E-state index in [2.05, 4.69) is 22.3 Å². The normalized spacial score (nSPS) is 15.8. The molecule has 2 aromatic rings. The lowest BCUT2D eigenvalue weighted by Gasteiger charge is -2.35. The number of carbonyl (C=O) groups is 2. The molecule has 1 aliphatic rings. The minimum atomic E-state index is -0.540. The van der Waals surface area contributed by atoms with Crippen molar-refractivity contribution in [1.29, 1.82) is 0 Å². The van der Waals surface area contributed by atoms with Crippen molar-refractivity contribution in [3.63, 3.8) is 0 Å². The van der Waals surface area contributed by atoms with Crippen molar-refractivity contribution in [2.45, 2.75) is 38.1 Å². The Labute approximate surface area is 165 Å². The molecule has 2 aromatic carbocycles. The quantitative estimate of drug-likeness (QED) is 0.699. The summed E-state index contributed by atoms with van der Waals surface area (Å²) in [6.07, 6.45) is 3.67. The van der Waals surface area contributed by atoms with E-state index in [4.69, 9.17) is 0 Å². The van der Waals surface area contributed by atoms with Gasteiger partial charge in [0.25, 0.3) is 0 Å². The number of Topliss-reactive ketones (excluding diaryl/α,β-unsaturated/α-hetero) is 1. The predicted octanol–water partition coefficient (Wildman–Crippen LogP) is 4.13. The smallest absolute Gasteiger partial charge is 0.220 e. The van der Waals surface area contributed by atoms with Crippen LogP contribution in [0.25, 0.3) is 0 Å². The fourth-order valence-corrected chi connectivity index (χ4v) is 3.71. The minimum absolute atomic E-state index is 0.00643. The molecule has 148 valence electrons. The van der Waals surface area contributed by atoms with Crippen LogP contribution in [0.15, 0.2) is 54.6 Å². The lowest BCUT2D eigenvalue weighted by atomic mass is 10.0. The van der Waals surface area contributed by atoms with E-state index in [0.29, 0.717) is 6.54 Å². The third-order valence-electron chi connectivity index (χ3n) is 5.26. The van der Waals surface area contributed by atoms with E-state index >= 15 is 0 Å². The van der Waals surface area contributed by atoms with Gasteiger partial charge < -0.3 is 5.32 Å². The summed E-state index contributed by atoms with van der Waals surface area (Å²) in [7, 11) is 0. The van der Waals surface area contributed by atoms with Crippen molar-refractivity contribution in [3.05, 3.63) is 71.5 Å². The van der Waals surface area contributed by atoms with E-state index in [0.717, 1.165) is 13.1 Å². The Morgan fingerprint density at radius 1 is 0.929 bits per heavy atom. The average molecular weight is 382 g/mol. The largest absolute Gasteiger partial charge is 0.354 e. The number of benzene rings is 2. The van der Waals surface area contributed by atoms with Crippen LogP contribution in [0.1, 0.15) is 54.1 Å². The third kappa shape index (κ3) is 5.49. The molecule has 0 aromatic heterocycles. The molecule has 0 spiro atoms. The highest BCUT2D eigenvalue weighted by molar-refractivity contribution is 5.98. The molecule has 1 fully saturated rings. The molecule has 5 heteroatoms. The number of rotatable bonds is 8. The first-order valence-corrected chi connectivity index (χ1v) is 9.98. The molecule has 1 unspecified atom stereocenters. The van der Waals surface area contributed by atoms with Crippen molar-refractivity contribution >= 4 is 11.7 Å². The fourth-order valence-electron chi connectivity index (χ4n) is 3.71. The number of ketones is 1. The van der Waals surface area contributed by atoms with Gasteiger partial charge in [-0.15, -0.1) is 0 Å². The van der Waals surface area contributed by atoms with E-state index < -0.39 is 5.82 Å². The zero-order valence-corrected chi connectivity index (χ0v) is 16.1. The maximum absolute atomic E-state index is 13.7. The zero-order valence-electron chi connectivity index (χ0n) is 16.1. The first kappa shape index (κ1) is 20.2. The molecule has 1 heterocycles. The molecular formula is C23H27FN2O2. The molecule has 0 aliphatic carbocycles. The summed E-state index contributed by atoms with van der Waals surface area (Å²) in [6, 6.07) is 16.2. The summed E-state index contributed by atoms with van der Waals surface area (Å²) >= 11 is 0. The van der Waals surface area contributed by atoms with E-state index in [1.54, 1.807) is 12.1 Å². The highest BCUT2D eigenvalue weighted by atomic mass is 19.1. The first-order valence-electron chi connectivity index (χ1n) is 9.98. The molecule has 1 amide bonds. The summed E-state index contributed by atoms with van der Waals surface area (Å²) < 4.78 is 13.7. The van der Waals surface area contributed by atoms with Crippen LogP contribution in [-0.4, -0.2) is 36.2 Å². The van der Waals surface area contributed by atoms with Crippen LogP contribution in [-0.2, 0) is 4.79 Å². The molecule has 1 saturated heterocycles. The van der Waals surface area contributed by atoms with Crippen molar-refractivity contribution in [2.75, 3.05) is 19.6 Å². The molecule has 4 nitrogen and oxygen atoms in total. The summed E-state index contributed by atoms with van der Waals surface area (Å²) in [6.45, 7) is 2.57. The number of hydrogen-bond donors (Lipinski definition) is 1. The monoisotopic (exact) mass is 382 g/mol. The van der Waals surface area contributed by atoms with Gasteiger partial charge in [-0.05, 0) is 43.6 Å². The Hall–Kier alpha value is -2.53. The predicted molar refractivity (Wildman–Crippen MR) is 108 cm³/mol. The van der Waals surface area contributed by atoms with Crippen molar-refractivity contribution in [3.8, 4) is 0 Å². The van der Waals surface area contributed by atoms with Gasteiger partial charge in [-0.25, -0.2) is 4.39 Å². The van der Waals surface area contributed by atoms with Crippen LogP contribution < -0.4 is 5.32 Å². The minimum Gasteiger partial charge on any atom is -0.354 e. The number of piperidine rings is 1. The number of amides is 1. The molecule has 1 aliphatic heterocycles. The first-order chi connectivity index (χ1) is 13.6. The standard InChI is InChI=1S/C23H27FN2O2/c24-20-12-6-5-11-19(20)22(27)13-14-23(28)25-17-21(18-9-3-1-4-10-18)26-15-7-2-8-16-26/h1,3-6,9-12,21H,2,7-8,13-17H2,(H,25,28). The van der Waals surface area contributed by atoms with E-state index in [-0.39, 0.29) is 36.1 Å². The Balaban J connectivity index is 1.54. The molecule has 0 saturated carbocycles. The number of carbonyl (C=O) groups excluding carboxylic acids is 2. The van der Waals surface area contributed by atoms with Gasteiger partial charge in [0.2, 0.25) is 5.91 Å². The average Bonchev–Trinajstić information content (AvgIpc) is 2.74. The second-order valence-corrected chi connectivity index (χ2v) is 7.23. The van der Waals surface area contributed by atoms with Crippen LogP contribution in [0.3, 0.4) is 0 Å². The van der Waals surface area contributed by atoms with E-state index in [1.807, 2.05) is 18.2 Å². The van der Waals surface area contributed by atoms with Crippen LogP contribution in [0.4, 0.5) is 4.39 Å². The van der Waals surface area contributed by atoms with E-state index in [9.17, 15) is 14.0 Å². The fraction of sp³-hybridized carbons (Fsp3) is 0.391. The van der Waals surface area contributed by atoms with Gasteiger partial charge in [-0.3, -0.25) is 14.5 Å². The number of hydrogen-bond acceptors (Lipinski definition) is 3. The maximum atomic E-state index is 13.7. The molecule has 1 N–H and O–H groups in total. The van der Waals surface area contributed by atoms with Crippen LogP contribution >= 0.6 is 0 Å². The van der Waals surface area contributed by atoms with E-state index in [1.165, 1.54) is 37.0 Å². The Kier molecular flexibility index (Phi) is 7.31. The van der Waals surface area contributed by atoms with Crippen LogP contribution in [0.5, 0.6) is 0 Å². The topological polar surface area (TPSA) is 49.4 Å². The van der Waals surface area contributed by atoms with Crippen molar-refractivity contribution in [1.82, 2.24) is 10.2 Å². The second kappa shape index (κ2) is 10.1. The molecule has 3 rings (SSSR count). The number of nitrogens with zero attached hydrogens (tertiary/aromatic N) is 1. The molecule has 0 radical (unpaired) electrons. The Morgan fingerprint density at radius 3 is 2.32 bits per heavy atom. The molecular weight excluding hydrogens is 355 g/mol. The van der Waals surface area contributed by atoms with Gasteiger partial charge in [0.15, 0.2) is 5.78 Å². The van der Waals surface area contributed by atoms with Crippen molar-refractivity contribution < 1.29 is 14.0 Å². The maximum Gasteiger partial charge on any atom is 0.220 e. The van der Waals surface area contributed by atoms with Crippen molar-refractivity contribution in [2.24, 2.45) is 0 Å². The van der Waals surface area contributed by atoms with Crippen LogP contribution in [0, 0.1) is 5.82 Å². The lowest BCUT2D eigenvalue weighted by molar-refractivity contribution is -0.121. The second-order valence-electron chi connectivity index (χ2n) is 7.23. The van der Waals surface area contributed by atoms with Gasteiger partial charge >= 0.3 is 0 Å². The summed E-state index contributed by atoms with van der Waals surface area (Å²) in [5, 5.41) is 2.97. The zero-order chi connectivity index (χ0) is 19.8.